The fourth-order valence-electron chi connectivity index (χ4n) is 2.90. The van der Waals surface area contributed by atoms with Gasteiger partial charge in [-0.25, -0.2) is 0 Å². The standard InChI is InChI=1S/C16H20N4O3/c1-11-9-17-10-13(18-11)14-4-3-7-20(14)16(21)6-5-12-8-15(22-2)19-23-12/h8-10,14H,3-7H2,1-2H3. The van der Waals surface area contributed by atoms with Crippen LogP contribution in [-0.4, -0.2) is 39.6 Å². The molecule has 122 valence electrons. The van der Waals surface area contributed by atoms with E-state index in [0.29, 0.717) is 24.5 Å². The van der Waals surface area contributed by atoms with Crippen LogP contribution < -0.4 is 4.74 Å². The van der Waals surface area contributed by atoms with Crippen LogP contribution in [0.3, 0.4) is 0 Å². The minimum Gasteiger partial charge on any atom is -0.479 e. The normalized spacial score (nSPS) is 17.5. The molecule has 0 radical (unpaired) electrons. The Morgan fingerprint density at radius 3 is 3.09 bits per heavy atom. The highest BCUT2D eigenvalue weighted by Gasteiger charge is 2.31. The summed E-state index contributed by atoms with van der Waals surface area (Å²) in [4.78, 5) is 23.2. The number of ether oxygens (including phenoxy) is 1. The molecule has 0 N–H and O–H groups in total. The van der Waals surface area contributed by atoms with Crippen molar-refractivity contribution in [2.45, 2.75) is 38.6 Å². The number of amides is 1. The Bertz CT molecular complexity index is 685. The van der Waals surface area contributed by atoms with Crippen molar-refractivity contribution in [2.24, 2.45) is 0 Å². The van der Waals surface area contributed by atoms with E-state index in [4.69, 9.17) is 9.26 Å². The predicted octanol–water partition coefficient (Wildman–Crippen LogP) is 2.08. The lowest BCUT2D eigenvalue weighted by molar-refractivity contribution is -0.132. The van der Waals surface area contributed by atoms with Crippen LogP contribution in [0.2, 0.25) is 0 Å². The largest absolute Gasteiger partial charge is 0.479 e. The van der Waals surface area contributed by atoms with Crippen LogP contribution in [0.25, 0.3) is 0 Å². The summed E-state index contributed by atoms with van der Waals surface area (Å²) < 4.78 is 10.1. The van der Waals surface area contributed by atoms with Crippen LogP contribution in [-0.2, 0) is 11.2 Å². The lowest BCUT2D eigenvalue weighted by Gasteiger charge is -2.24. The molecule has 2 aromatic heterocycles. The van der Waals surface area contributed by atoms with Crippen molar-refractivity contribution in [3.63, 3.8) is 0 Å². The smallest absolute Gasteiger partial charge is 0.254 e. The van der Waals surface area contributed by atoms with Gasteiger partial charge in [0.05, 0.1) is 30.7 Å². The molecule has 1 fully saturated rings. The Hall–Kier alpha value is -2.44. The Morgan fingerprint density at radius 2 is 2.35 bits per heavy atom. The van der Waals surface area contributed by atoms with Gasteiger partial charge in [-0.15, -0.1) is 0 Å². The van der Waals surface area contributed by atoms with E-state index in [9.17, 15) is 4.79 Å². The maximum Gasteiger partial charge on any atom is 0.254 e. The molecule has 1 saturated heterocycles. The van der Waals surface area contributed by atoms with Gasteiger partial charge < -0.3 is 14.2 Å². The molecular weight excluding hydrogens is 296 g/mol. The molecular formula is C16H20N4O3. The van der Waals surface area contributed by atoms with Gasteiger partial charge in [0, 0.05) is 31.6 Å². The van der Waals surface area contributed by atoms with Gasteiger partial charge in [-0.1, -0.05) is 0 Å². The van der Waals surface area contributed by atoms with E-state index >= 15 is 0 Å². The molecule has 3 heterocycles. The van der Waals surface area contributed by atoms with E-state index in [1.165, 1.54) is 7.11 Å². The lowest BCUT2D eigenvalue weighted by atomic mass is 10.1. The number of hydrogen-bond donors (Lipinski definition) is 0. The van der Waals surface area contributed by atoms with Crippen molar-refractivity contribution >= 4 is 5.91 Å². The minimum atomic E-state index is 0.0270. The van der Waals surface area contributed by atoms with E-state index in [1.807, 2.05) is 11.8 Å². The maximum absolute atomic E-state index is 12.5. The Balaban J connectivity index is 1.63. The first-order valence-electron chi connectivity index (χ1n) is 7.75. The molecule has 7 nitrogen and oxygen atoms in total. The number of carbonyl (C=O) groups excluding carboxylic acids is 1. The zero-order valence-corrected chi connectivity index (χ0v) is 13.4. The number of rotatable bonds is 5. The number of hydrogen-bond acceptors (Lipinski definition) is 6. The van der Waals surface area contributed by atoms with Gasteiger partial charge in [0.15, 0.2) is 0 Å². The van der Waals surface area contributed by atoms with Gasteiger partial charge >= 0.3 is 0 Å². The van der Waals surface area contributed by atoms with Gasteiger partial charge in [0.2, 0.25) is 5.91 Å². The van der Waals surface area contributed by atoms with E-state index in [1.54, 1.807) is 18.5 Å². The summed E-state index contributed by atoms with van der Waals surface area (Å²) in [7, 11) is 1.53. The average molecular weight is 316 g/mol. The number of aryl methyl sites for hydroxylation is 2. The first-order valence-corrected chi connectivity index (χ1v) is 7.75. The molecule has 0 aliphatic carbocycles. The van der Waals surface area contributed by atoms with Crippen molar-refractivity contribution < 1.29 is 14.1 Å². The SMILES string of the molecule is COc1cc(CCC(=O)N2CCCC2c2cncc(C)n2)on1. The first kappa shape index (κ1) is 15.5. The van der Waals surface area contributed by atoms with Crippen molar-refractivity contribution in [3.8, 4) is 5.88 Å². The fraction of sp³-hybridized carbons (Fsp3) is 0.500. The summed E-state index contributed by atoms with van der Waals surface area (Å²) in [5, 5.41) is 3.74. The Kier molecular flexibility index (Phi) is 4.55. The van der Waals surface area contributed by atoms with Gasteiger partial charge in [-0.2, -0.15) is 0 Å². The zero-order valence-electron chi connectivity index (χ0n) is 13.4. The third-order valence-corrected chi connectivity index (χ3v) is 4.02. The van der Waals surface area contributed by atoms with Crippen LogP contribution in [0.5, 0.6) is 5.88 Å². The molecule has 2 aromatic rings. The quantitative estimate of drug-likeness (QED) is 0.840. The van der Waals surface area contributed by atoms with Crippen molar-refractivity contribution in [2.75, 3.05) is 13.7 Å². The van der Waals surface area contributed by atoms with Crippen LogP contribution in [0, 0.1) is 6.92 Å². The second kappa shape index (κ2) is 6.76. The monoisotopic (exact) mass is 316 g/mol. The van der Waals surface area contributed by atoms with Crippen molar-refractivity contribution in [3.05, 3.63) is 35.6 Å². The highest BCUT2D eigenvalue weighted by molar-refractivity contribution is 5.77. The maximum atomic E-state index is 12.5. The van der Waals surface area contributed by atoms with E-state index < -0.39 is 0 Å². The fourth-order valence-corrected chi connectivity index (χ4v) is 2.90. The highest BCUT2D eigenvalue weighted by Crippen LogP contribution is 2.31. The molecule has 3 rings (SSSR count). The van der Waals surface area contributed by atoms with Crippen LogP contribution in [0.1, 0.15) is 42.5 Å². The molecule has 1 aliphatic heterocycles. The highest BCUT2D eigenvalue weighted by atomic mass is 16.5. The molecule has 0 aromatic carbocycles. The molecule has 1 aliphatic rings. The topological polar surface area (TPSA) is 81.4 Å². The number of likely N-dealkylation sites (tertiary alicyclic amines) is 1. The molecule has 7 heteroatoms. The molecule has 1 unspecified atom stereocenters. The molecule has 1 amide bonds. The lowest BCUT2D eigenvalue weighted by Crippen LogP contribution is -2.31. The van der Waals surface area contributed by atoms with Crippen LogP contribution in [0.15, 0.2) is 23.0 Å². The zero-order chi connectivity index (χ0) is 16.2. The molecule has 23 heavy (non-hydrogen) atoms. The van der Waals surface area contributed by atoms with E-state index in [0.717, 1.165) is 30.8 Å². The predicted molar refractivity (Wildman–Crippen MR) is 81.8 cm³/mol. The summed E-state index contributed by atoms with van der Waals surface area (Å²) in [6, 6.07) is 1.74. The summed E-state index contributed by atoms with van der Waals surface area (Å²) in [5.41, 5.74) is 1.74. The second-order valence-electron chi connectivity index (χ2n) is 5.67. The molecule has 0 spiro atoms. The third kappa shape index (κ3) is 3.49. The van der Waals surface area contributed by atoms with Crippen LogP contribution >= 0.6 is 0 Å². The average Bonchev–Trinajstić information content (AvgIpc) is 3.21. The number of nitrogens with zero attached hydrogens (tertiary/aromatic N) is 4. The summed E-state index contributed by atoms with van der Waals surface area (Å²) in [5.74, 6) is 1.19. The van der Waals surface area contributed by atoms with E-state index in [2.05, 4.69) is 15.1 Å². The number of carbonyl (C=O) groups is 1. The van der Waals surface area contributed by atoms with Gasteiger partial charge in [-0.3, -0.25) is 14.8 Å². The number of aromatic nitrogens is 3. The van der Waals surface area contributed by atoms with Crippen LogP contribution in [0.4, 0.5) is 0 Å². The molecule has 1 atom stereocenters. The Labute approximate surface area is 134 Å². The van der Waals surface area contributed by atoms with E-state index in [-0.39, 0.29) is 11.9 Å². The van der Waals surface area contributed by atoms with Crippen molar-refractivity contribution in [1.29, 1.82) is 0 Å². The number of methoxy groups -OCH3 is 1. The van der Waals surface area contributed by atoms with Gasteiger partial charge in [-0.05, 0) is 24.9 Å². The first-order chi connectivity index (χ1) is 11.2. The summed E-state index contributed by atoms with van der Waals surface area (Å²) >= 11 is 0. The Morgan fingerprint density at radius 1 is 1.48 bits per heavy atom. The third-order valence-electron chi connectivity index (χ3n) is 4.02. The van der Waals surface area contributed by atoms with Crippen molar-refractivity contribution in [1.82, 2.24) is 20.0 Å². The summed E-state index contributed by atoms with van der Waals surface area (Å²) in [6.07, 6.45) is 6.29. The molecule has 0 bridgehead atoms. The second-order valence-corrected chi connectivity index (χ2v) is 5.67. The van der Waals surface area contributed by atoms with Gasteiger partial charge in [0.25, 0.3) is 5.88 Å². The van der Waals surface area contributed by atoms with Gasteiger partial charge in [0.1, 0.15) is 5.76 Å². The molecule has 0 saturated carbocycles. The minimum absolute atomic E-state index is 0.0270. The summed E-state index contributed by atoms with van der Waals surface area (Å²) in [6.45, 7) is 2.67.